The van der Waals surface area contributed by atoms with E-state index in [4.69, 9.17) is 18.9 Å². The zero-order chi connectivity index (χ0) is 17.2. The van der Waals surface area contributed by atoms with Gasteiger partial charge in [0, 0.05) is 13.2 Å². The molecule has 5 nitrogen and oxygen atoms in total. The summed E-state index contributed by atoms with van der Waals surface area (Å²) >= 11 is 0. The summed E-state index contributed by atoms with van der Waals surface area (Å²) in [6.45, 7) is 4.87. The number of carbonyl (C=O) groups excluding carboxylic acids is 1. The largest absolute Gasteiger partial charge is 0.489 e. The average molecular weight is 334 g/mol. The lowest BCUT2D eigenvalue weighted by Crippen LogP contribution is -2.16. The molecule has 0 N–H and O–H groups in total. The molecular formula is C19H26O5. The van der Waals surface area contributed by atoms with Crippen molar-refractivity contribution in [1.29, 1.82) is 0 Å². The van der Waals surface area contributed by atoms with Gasteiger partial charge >= 0.3 is 5.97 Å². The fourth-order valence-electron chi connectivity index (χ4n) is 2.76. The van der Waals surface area contributed by atoms with Gasteiger partial charge in [-0.15, -0.1) is 0 Å². The normalized spacial score (nSPS) is 14.9. The summed E-state index contributed by atoms with van der Waals surface area (Å²) in [5.41, 5.74) is 0. The van der Waals surface area contributed by atoms with Gasteiger partial charge in [0.1, 0.15) is 6.61 Å². The molecule has 1 saturated carbocycles. The predicted molar refractivity (Wildman–Crippen MR) is 91.7 cm³/mol. The fraction of sp³-hybridized carbons (Fsp3) is 0.526. The quantitative estimate of drug-likeness (QED) is 0.298. The van der Waals surface area contributed by atoms with Gasteiger partial charge in [0.25, 0.3) is 0 Å². The van der Waals surface area contributed by atoms with Crippen molar-refractivity contribution >= 4 is 5.97 Å². The van der Waals surface area contributed by atoms with E-state index in [-0.39, 0.29) is 0 Å². The second-order valence-corrected chi connectivity index (χ2v) is 5.86. The van der Waals surface area contributed by atoms with E-state index in [0.29, 0.717) is 43.0 Å². The predicted octanol–water partition coefficient (Wildman–Crippen LogP) is 3.76. The van der Waals surface area contributed by atoms with E-state index in [9.17, 15) is 4.79 Å². The third-order valence-electron chi connectivity index (χ3n) is 4.06. The van der Waals surface area contributed by atoms with E-state index in [1.54, 1.807) is 19.2 Å². The van der Waals surface area contributed by atoms with Crippen LogP contribution in [-0.4, -0.2) is 32.9 Å². The van der Waals surface area contributed by atoms with Crippen LogP contribution < -0.4 is 14.2 Å². The molecule has 1 aliphatic rings. The van der Waals surface area contributed by atoms with Crippen LogP contribution in [0.4, 0.5) is 0 Å². The summed E-state index contributed by atoms with van der Waals surface area (Å²) in [6.07, 6.45) is 7.31. The van der Waals surface area contributed by atoms with Crippen molar-refractivity contribution in [3.05, 3.63) is 30.9 Å². The number of hydrogen-bond acceptors (Lipinski definition) is 5. The highest BCUT2D eigenvalue weighted by Crippen LogP contribution is 2.38. The number of carbonyl (C=O) groups is 1. The molecule has 0 saturated heterocycles. The molecule has 0 heterocycles. The molecule has 0 bridgehead atoms. The van der Waals surface area contributed by atoms with Crippen molar-refractivity contribution in [2.75, 3.05) is 26.9 Å². The Hall–Kier alpha value is -2.01. The molecule has 0 radical (unpaired) electrons. The molecule has 0 unspecified atom stereocenters. The van der Waals surface area contributed by atoms with Gasteiger partial charge in [-0.1, -0.05) is 31.9 Å². The first-order valence-corrected chi connectivity index (χ1v) is 8.46. The zero-order valence-electron chi connectivity index (χ0n) is 14.3. The molecule has 132 valence electrons. The van der Waals surface area contributed by atoms with Gasteiger partial charge in [-0.05, 0) is 30.9 Å². The Bertz CT molecular complexity index is 535. The SMILES string of the molecule is C=CC(=O)Oc1c(OCCOC)cccc1OCC1CCCCC1. The molecule has 1 aliphatic carbocycles. The van der Waals surface area contributed by atoms with Crippen molar-refractivity contribution < 1.29 is 23.7 Å². The van der Waals surface area contributed by atoms with Crippen LogP contribution in [0.2, 0.25) is 0 Å². The van der Waals surface area contributed by atoms with E-state index in [1.165, 1.54) is 32.1 Å². The van der Waals surface area contributed by atoms with Gasteiger partial charge in [0.2, 0.25) is 5.75 Å². The number of ether oxygens (including phenoxy) is 4. The average Bonchev–Trinajstić information content (AvgIpc) is 2.62. The maximum atomic E-state index is 11.6. The first-order valence-electron chi connectivity index (χ1n) is 8.46. The highest BCUT2D eigenvalue weighted by molar-refractivity contribution is 5.84. The third-order valence-corrected chi connectivity index (χ3v) is 4.06. The van der Waals surface area contributed by atoms with Crippen molar-refractivity contribution in [2.24, 2.45) is 5.92 Å². The van der Waals surface area contributed by atoms with Gasteiger partial charge < -0.3 is 18.9 Å². The number of methoxy groups -OCH3 is 1. The Kier molecular flexibility index (Phi) is 7.62. The first kappa shape index (κ1) is 18.3. The molecule has 0 atom stereocenters. The molecule has 0 aliphatic heterocycles. The van der Waals surface area contributed by atoms with Crippen molar-refractivity contribution in [3.8, 4) is 17.2 Å². The van der Waals surface area contributed by atoms with Crippen LogP contribution in [0.25, 0.3) is 0 Å². The van der Waals surface area contributed by atoms with Crippen LogP contribution >= 0.6 is 0 Å². The second kappa shape index (κ2) is 9.98. The van der Waals surface area contributed by atoms with Crippen molar-refractivity contribution in [3.63, 3.8) is 0 Å². The van der Waals surface area contributed by atoms with Crippen LogP contribution in [0.3, 0.4) is 0 Å². The minimum atomic E-state index is -0.541. The number of benzene rings is 1. The van der Waals surface area contributed by atoms with Crippen molar-refractivity contribution in [2.45, 2.75) is 32.1 Å². The van der Waals surface area contributed by atoms with Gasteiger partial charge in [0.05, 0.1) is 13.2 Å². The number of para-hydroxylation sites is 1. The molecule has 1 aromatic carbocycles. The first-order chi connectivity index (χ1) is 11.7. The summed E-state index contributed by atoms with van der Waals surface area (Å²) in [6, 6.07) is 5.36. The van der Waals surface area contributed by atoms with E-state index in [2.05, 4.69) is 6.58 Å². The van der Waals surface area contributed by atoms with Crippen LogP contribution in [-0.2, 0) is 9.53 Å². The maximum Gasteiger partial charge on any atom is 0.335 e. The lowest BCUT2D eigenvalue weighted by Gasteiger charge is -2.22. The summed E-state index contributed by atoms with van der Waals surface area (Å²) in [4.78, 5) is 11.6. The van der Waals surface area contributed by atoms with E-state index < -0.39 is 5.97 Å². The van der Waals surface area contributed by atoms with Crippen molar-refractivity contribution in [1.82, 2.24) is 0 Å². The van der Waals surface area contributed by atoms with Gasteiger partial charge in [-0.3, -0.25) is 0 Å². The van der Waals surface area contributed by atoms with Gasteiger partial charge in [0.15, 0.2) is 11.5 Å². The second-order valence-electron chi connectivity index (χ2n) is 5.86. The summed E-state index contributed by atoms with van der Waals surface area (Å²) < 4.78 is 21.9. The van der Waals surface area contributed by atoms with Gasteiger partial charge in [-0.2, -0.15) is 0 Å². The molecule has 0 spiro atoms. The molecule has 1 fully saturated rings. The van der Waals surface area contributed by atoms with Crippen LogP contribution in [0.5, 0.6) is 17.2 Å². The fourth-order valence-corrected chi connectivity index (χ4v) is 2.76. The molecule has 5 heteroatoms. The zero-order valence-corrected chi connectivity index (χ0v) is 14.3. The molecule has 0 amide bonds. The monoisotopic (exact) mass is 334 g/mol. The summed E-state index contributed by atoms with van der Waals surface area (Å²) in [5.74, 6) is 1.29. The number of esters is 1. The highest BCUT2D eigenvalue weighted by Gasteiger charge is 2.18. The van der Waals surface area contributed by atoms with E-state index in [1.807, 2.05) is 6.07 Å². The number of hydrogen-bond donors (Lipinski definition) is 0. The Labute approximate surface area is 143 Å². The topological polar surface area (TPSA) is 54.0 Å². The minimum Gasteiger partial charge on any atom is -0.489 e. The van der Waals surface area contributed by atoms with Crippen LogP contribution in [0, 0.1) is 5.92 Å². The van der Waals surface area contributed by atoms with Gasteiger partial charge in [-0.25, -0.2) is 4.79 Å². The summed E-state index contributed by atoms with van der Waals surface area (Å²) in [5, 5.41) is 0. The lowest BCUT2D eigenvalue weighted by atomic mass is 9.90. The Morgan fingerprint density at radius 2 is 1.88 bits per heavy atom. The van der Waals surface area contributed by atoms with E-state index in [0.717, 1.165) is 6.08 Å². The Balaban J connectivity index is 2.09. The Morgan fingerprint density at radius 1 is 1.17 bits per heavy atom. The molecular weight excluding hydrogens is 308 g/mol. The van der Waals surface area contributed by atoms with Crippen LogP contribution in [0.15, 0.2) is 30.9 Å². The lowest BCUT2D eigenvalue weighted by molar-refractivity contribution is -0.129. The molecule has 0 aromatic heterocycles. The smallest absolute Gasteiger partial charge is 0.335 e. The summed E-state index contributed by atoms with van der Waals surface area (Å²) in [7, 11) is 1.60. The minimum absolute atomic E-state index is 0.300. The highest BCUT2D eigenvalue weighted by atomic mass is 16.6. The molecule has 1 aromatic rings. The third kappa shape index (κ3) is 5.57. The maximum absolute atomic E-state index is 11.6. The van der Waals surface area contributed by atoms with E-state index >= 15 is 0 Å². The number of rotatable bonds is 9. The Morgan fingerprint density at radius 3 is 2.54 bits per heavy atom. The molecule has 24 heavy (non-hydrogen) atoms. The molecule has 2 rings (SSSR count). The standard InChI is InChI=1S/C19H26O5/c1-3-18(20)24-19-16(22-13-12-21-2)10-7-11-17(19)23-14-15-8-5-4-6-9-15/h3,7,10-11,15H,1,4-6,8-9,12-14H2,2H3. The van der Waals surface area contributed by atoms with Crippen LogP contribution in [0.1, 0.15) is 32.1 Å².